The molecule has 0 saturated heterocycles. The molecule has 0 aromatic rings. The second-order valence-corrected chi connectivity index (χ2v) is 6.63. The Hall–Kier alpha value is -1.52. The van der Waals surface area contributed by atoms with Gasteiger partial charge in [0.2, 0.25) is 5.91 Å². The maximum absolute atomic E-state index is 11.8. The summed E-state index contributed by atoms with van der Waals surface area (Å²) in [6.07, 6.45) is 5.00. The van der Waals surface area contributed by atoms with Crippen LogP contribution in [-0.2, 0) is 9.53 Å². The Balaban J connectivity index is 2.23. The van der Waals surface area contributed by atoms with Gasteiger partial charge in [0.25, 0.3) is 0 Å². The first-order valence-electron chi connectivity index (χ1n) is 7.67. The first-order valence-corrected chi connectivity index (χ1v) is 7.67. The lowest BCUT2D eigenvalue weighted by molar-refractivity contribution is -0.126. The van der Waals surface area contributed by atoms with Crippen molar-refractivity contribution in [3.05, 3.63) is 12.7 Å². The largest absolute Gasteiger partial charge is 0.444 e. The Morgan fingerprint density at radius 3 is 2.33 bits per heavy atom. The van der Waals surface area contributed by atoms with Crippen LogP contribution in [0, 0.1) is 11.8 Å². The Labute approximate surface area is 127 Å². The molecule has 0 unspecified atom stereocenters. The van der Waals surface area contributed by atoms with Gasteiger partial charge in [0.15, 0.2) is 0 Å². The van der Waals surface area contributed by atoms with Crippen LogP contribution in [0.15, 0.2) is 12.7 Å². The Bertz CT molecular complexity index is 366. The van der Waals surface area contributed by atoms with E-state index in [0.29, 0.717) is 19.0 Å². The topological polar surface area (TPSA) is 67.4 Å². The van der Waals surface area contributed by atoms with Crippen molar-refractivity contribution in [1.29, 1.82) is 0 Å². The highest BCUT2D eigenvalue weighted by Crippen LogP contribution is 2.28. The Morgan fingerprint density at radius 1 is 1.19 bits per heavy atom. The fraction of sp³-hybridized carbons (Fsp3) is 0.750. The summed E-state index contributed by atoms with van der Waals surface area (Å²) in [6, 6.07) is 0. The van der Waals surface area contributed by atoms with Crippen LogP contribution in [0.25, 0.3) is 0 Å². The lowest BCUT2D eigenvalue weighted by Gasteiger charge is -2.28. The zero-order chi connectivity index (χ0) is 15.9. The molecule has 0 atom stereocenters. The lowest BCUT2D eigenvalue weighted by Crippen LogP contribution is -2.38. The molecule has 1 saturated carbocycles. The number of amides is 2. The van der Waals surface area contributed by atoms with Gasteiger partial charge in [0, 0.05) is 19.0 Å². The van der Waals surface area contributed by atoms with Gasteiger partial charge in [0.05, 0.1) is 0 Å². The molecule has 5 heteroatoms. The molecule has 1 aliphatic carbocycles. The molecule has 0 radical (unpaired) electrons. The van der Waals surface area contributed by atoms with Gasteiger partial charge in [-0.05, 0) is 52.4 Å². The van der Waals surface area contributed by atoms with E-state index in [0.717, 1.165) is 25.7 Å². The van der Waals surface area contributed by atoms with Crippen LogP contribution in [0.3, 0.4) is 0 Å². The average molecular weight is 296 g/mol. The van der Waals surface area contributed by atoms with Gasteiger partial charge in [-0.2, -0.15) is 0 Å². The molecule has 0 aliphatic heterocycles. The van der Waals surface area contributed by atoms with Crippen LogP contribution >= 0.6 is 0 Å². The number of rotatable bonds is 5. The van der Waals surface area contributed by atoms with Gasteiger partial charge in [0.1, 0.15) is 5.60 Å². The quantitative estimate of drug-likeness (QED) is 0.766. The molecule has 1 rings (SSSR count). The second kappa shape index (κ2) is 8.05. The van der Waals surface area contributed by atoms with Crippen LogP contribution in [-0.4, -0.2) is 30.7 Å². The highest BCUT2D eigenvalue weighted by atomic mass is 16.6. The molecule has 5 nitrogen and oxygen atoms in total. The van der Waals surface area contributed by atoms with E-state index in [1.165, 1.54) is 0 Å². The SMILES string of the molecule is C=CCNC(=O)C1CCC(CNC(=O)OC(C)(C)C)CC1. The number of hydrogen-bond donors (Lipinski definition) is 2. The molecule has 0 spiro atoms. The van der Waals surface area contributed by atoms with Crippen molar-refractivity contribution < 1.29 is 14.3 Å². The third kappa shape index (κ3) is 7.16. The number of ether oxygens (including phenoxy) is 1. The molecule has 2 N–H and O–H groups in total. The summed E-state index contributed by atoms with van der Waals surface area (Å²) in [4.78, 5) is 23.4. The minimum absolute atomic E-state index is 0.0997. The highest BCUT2D eigenvalue weighted by molar-refractivity contribution is 5.78. The van der Waals surface area contributed by atoms with Crippen LogP contribution in [0.1, 0.15) is 46.5 Å². The van der Waals surface area contributed by atoms with Gasteiger partial charge < -0.3 is 15.4 Å². The van der Waals surface area contributed by atoms with E-state index in [1.807, 2.05) is 20.8 Å². The molecule has 0 heterocycles. The van der Waals surface area contributed by atoms with Crippen molar-refractivity contribution in [2.75, 3.05) is 13.1 Å². The molecule has 2 amide bonds. The van der Waals surface area contributed by atoms with Crippen molar-refractivity contribution >= 4 is 12.0 Å². The monoisotopic (exact) mass is 296 g/mol. The van der Waals surface area contributed by atoms with Crippen molar-refractivity contribution in [2.24, 2.45) is 11.8 Å². The number of hydrogen-bond acceptors (Lipinski definition) is 3. The van der Waals surface area contributed by atoms with E-state index < -0.39 is 5.60 Å². The zero-order valence-corrected chi connectivity index (χ0v) is 13.4. The molecule has 0 aromatic carbocycles. The molecule has 0 bridgehead atoms. The molecule has 21 heavy (non-hydrogen) atoms. The maximum atomic E-state index is 11.8. The van der Waals surface area contributed by atoms with Gasteiger partial charge in [-0.1, -0.05) is 6.08 Å². The number of nitrogens with one attached hydrogen (secondary N) is 2. The summed E-state index contributed by atoms with van der Waals surface area (Å²) in [5.74, 6) is 0.650. The molecular weight excluding hydrogens is 268 g/mol. The third-order valence-corrected chi connectivity index (χ3v) is 3.57. The molecule has 1 fully saturated rings. The zero-order valence-electron chi connectivity index (χ0n) is 13.4. The molecular formula is C16H28N2O3. The van der Waals surface area contributed by atoms with Crippen molar-refractivity contribution in [2.45, 2.75) is 52.1 Å². The van der Waals surface area contributed by atoms with Gasteiger partial charge >= 0.3 is 6.09 Å². The summed E-state index contributed by atoms with van der Waals surface area (Å²) in [5.41, 5.74) is -0.467. The first-order chi connectivity index (χ1) is 9.81. The number of alkyl carbamates (subject to hydrolysis) is 1. The smallest absolute Gasteiger partial charge is 0.407 e. The fourth-order valence-corrected chi connectivity index (χ4v) is 2.49. The fourth-order valence-electron chi connectivity index (χ4n) is 2.49. The normalized spacial score (nSPS) is 22.2. The van der Waals surface area contributed by atoms with Crippen LogP contribution < -0.4 is 10.6 Å². The Kier molecular flexibility index (Phi) is 6.72. The standard InChI is InChI=1S/C16H28N2O3/c1-5-10-17-14(19)13-8-6-12(7-9-13)11-18-15(20)21-16(2,3)4/h5,12-13H,1,6-11H2,2-4H3,(H,17,19)(H,18,20). The van der Waals surface area contributed by atoms with Gasteiger partial charge in [-0.15, -0.1) is 6.58 Å². The Morgan fingerprint density at radius 2 is 1.81 bits per heavy atom. The van der Waals surface area contributed by atoms with E-state index in [1.54, 1.807) is 6.08 Å². The predicted octanol–water partition coefficient (Wildman–Crippen LogP) is 2.62. The van der Waals surface area contributed by atoms with Crippen molar-refractivity contribution in [1.82, 2.24) is 10.6 Å². The summed E-state index contributed by atoms with van der Waals surface area (Å²) in [5, 5.41) is 5.66. The van der Waals surface area contributed by atoms with E-state index in [-0.39, 0.29) is 17.9 Å². The van der Waals surface area contributed by atoms with Crippen LogP contribution in [0.2, 0.25) is 0 Å². The molecule has 120 valence electrons. The van der Waals surface area contributed by atoms with Crippen LogP contribution in [0.4, 0.5) is 4.79 Å². The minimum atomic E-state index is -0.467. The summed E-state index contributed by atoms with van der Waals surface area (Å²) >= 11 is 0. The average Bonchev–Trinajstić information content (AvgIpc) is 2.41. The second-order valence-electron chi connectivity index (χ2n) is 6.63. The highest BCUT2D eigenvalue weighted by Gasteiger charge is 2.26. The predicted molar refractivity (Wildman–Crippen MR) is 82.9 cm³/mol. The third-order valence-electron chi connectivity index (χ3n) is 3.57. The lowest BCUT2D eigenvalue weighted by atomic mass is 9.81. The number of carbonyl (C=O) groups excluding carboxylic acids is 2. The minimum Gasteiger partial charge on any atom is -0.444 e. The first kappa shape index (κ1) is 17.5. The molecule has 0 aromatic heterocycles. The van der Waals surface area contributed by atoms with Gasteiger partial charge in [-0.3, -0.25) is 4.79 Å². The summed E-state index contributed by atoms with van der Waals surface area (Å²) in [6.45, 7) is 10.3. The maximum Gasteiger partial charge on any atom is 0.407 e. The number of carbonyl (C=O) groups is 2. The summed E-state index contributed by atoms with van der Waals surface area (Å²) in [7, 11) is 0. The van der Waals surface area contributed by atoms with Crippen molar-refractivity contribution in [3.63, 3.8) is 0 Å². The summed E-state index contributed by atoms with van der Waals surface area (Å²) < 4.78 is 5.21. The van der Waals surface area contributed by atoms with Gasteiger partial charge in [-0.25, -0.2) is 4.79 Å². The van der Waals surface area contributed by atoms with E-state index in [2.05, 4.69) is 17.2 Å². The van der Waals surface area contributed by atoms with E-state index in [4.69, 9.17) is 4.74 Å². The molecule has 1 aliphatic rings. The van der Waals surface area contributed by atoms with Crippen LogP contribution in [0.5, 0.6) is 0 Å². The van der Waals surface area contributed by atoms with E-state index >= 15 is 0 Å². The van der Waals surface area contributed by atoms with Crippen molar-refractivity contribution in [3.8, 4) is 0 Å². The van der Waals surface area contributed by atoms with E-state index in [9.17, 15) is 9.59 Å².